The average molecular weight is 341 g/mol. The lowest BCUT2D eigenvalue weighted by Crippen LogP contribution is -2.46. The number of hydrogen-bond acceptors (Lipinski definition) is 1. The van der Waals surface area contributed by atoms with E-state index >= 15 is 0 Å². The van der Waals surface area contributed by atoms with E-state index in [4.69, 9.17) is 0 Å². The van der Waals surface area contributed by atoms with Crippen molar-refractivity contribution in [3.8, 4) is 0 Å². The first-order valence-corrected chi connectivity index (χ1v) is 8.07. The summed E-state index contributed by atoms with van der Waals surface area (Å²) in [5.41, 5.74) is 0.748. The van der Waals surface area contributed by atoms with Gasteiger partial charge in [0.1, 0.15) is 5.69 Å². The summed E-state index contributed by atoms with van der Waals surface area (Å²) in [4.78, 5) is 12.6. The third-order valence-corrected chi connectivity index (χ3v) is 3.85. The number of nitrogens with one attached hydrogen (secondary N) is 1. The highest BCUT2D eigenvalue weighted by molar-refractivity contribution is 9.10. The Labute approximate surface area is 130 Å². The van der Waals surface area contributed by atoms with Gasteiger partial charge < -0.3 is 9.88 Å². The molecule has 2 rings (SSSR count). The number of rotatable bonds is 4. The van der Waals surface area contributed by atoms with Crippen molar-refractivity contribution in [1.29, 1.82) is 0 Å². The smallest absolute Gasteiger partial charge is 0.268 e. The van der Waals surface area contributed by atoms with Crippen molar-refractivity contribution in [2.24, 2.45) is 5.41 Å². The molecule has 1 aromatic rings. The Bertz CT molecular complexity index is 507. The number of aromatic nitrogens is 1. The summed E-state index contributed by atoms with van der Waals surface area (Å²) in [5, 5.41) is 3.18. The molecule has 0 unspecified atom stereocenters. The maximum atomic E-state index is 12.6. The fraction of sp³-hybridized carbons (Fsp3) is 0.688. The van der Waals surface area contributed by atoms with Crippen molar-refractivity contribution in [2.75, 3.05) is 0 Å². The van der Waals surface area contributed by atoms with Gasteiger partial charge in [0.25, 0.3) is 5.91 Å². The van der Waals surface area contributed by atoms with E-state index in [1.54, 1.807) is 0 Å². The summed E-state index contributed by atoms with van der Waals surface area (Å²) in [7, 11) is 0. The predicted octanol–water partition coefficient (Wildman–Crippen LogP) is 4.53. The van der Waals surface area contributed by atoms with E-state index in [-0.39, 0.29) is 16.9 Å². The molecule has 1 amide bonds. The lowest BCUT2D eigenvalue weighted by atomic mass is 9.82. The van der Waals surface area contributed by atoms with Crippen LogP contribution in [-0.4, -0.2) is 16.0 Å². The Morgan fingerprint density at radius 3 is 2.45 bits per heavy atom. The maximum absolute atomic E-state index is 12.6. The van der Waals surface area contributed by atoms with Crippen LogP contribution in [-0.2, 0) is 0 Å². The summed E-state index contributed by atoms with van der Waals surface area (Å²) >= 11 is 3.48. The van der Waals surface area contributed by atoms with Gasteiger partial charge in [0.2, 0.25) is 0 Å². The number of carbonyl (C=O) groups excluding carboxylic acids is 1. The molecule has 4 heteroatoms. The minimum absolute atomic E-state index is 0.0249. The van der Waals surface area contributed by atoms with E-state index in [0.29, 0.717) is 6.04 Å². The van der Waals surface area contributed by atoms with Gasteiger partial charge in [0.15, 0.2) is 0 Å². The molecular formula is C16H25BrN2O. The average Bonchev–Trinajstić information content (AvgIpc) is 2.97. The highest BCUT2D eigenvalue weighted by Gasteiger charge is 2.31. The number of carbonyl (C=O) groups is 1. The first-order chi connectivity index (χ1) is 9.07. The SMILES string of the molecule is CC(C)(C)CC(C)(C)NC(=O)c1cc(Br)cn1C1CC1. The second kappa shape index (κ2) is 5.21. The van der Waals surface area contributed by atoms with Crippen LogP contribution in [0.3, 0.4) is 0 Å². The van der Waals surface area contributed by atoms with E-state index in [2.05, 4.69) is 60.4 Å². The summed E-state index contributed by atoms with van der Waals surface area (Å²) in [6.45, 7) is 10.8. The van der Waals surface area contributed by atoms with Crippen LogP contribution in [0.1, 0.15) is 70.4 Å². The Balaban J connectivity index is 2.12. The largest absolute Gasteiger partial charge is 0.346 e. The van der Waals surface area contributed by atoms with Crippen molar-refractivity contribution in [2.45, 2.75) is 65.5 Å². The van der Waals surface area contributed by atoms with E-state index in [1.807, 2.05) is 12.3 Å². The molecule has 1 aliphatic carbocycles. The zero-order valence-corrected chi connectivity index (χ0v) is 14.7. The molecule has 1 aromatic heterocycles. The lowest BCUT2D eigenvalue weighted by molar-refractivity contribution is 0.0881. The second-order valence-corrected chi connectivity index (χ2v) is 8.67. The topological polar surface area (TPSA) is 34.0 Å². The minimum atomic E-state index is -0.208. The maximum Gasteiger partial charge on any atom is 0.268 e. The molecular weight excluding hydrogens is 316 g/mol. The standard InChI is InChI=1S/C16H25BrN2O/c1-15(2,3)10-16(4,5)18-14(20)13-8-11(17)9-19(13)12-6-7-12/h8-9,12H,6-7,10H2,1-5H3,(H,18,20). The normalized spacial score (nSPS) is 16.3. The van der Waals surface area contributed by atoms with Crippen molar-refractivity contribution >= 4 is 21.8 Å². The molecule has 1 heterocycles. The highest BCUT2D eigenvalue weighted by atomic mass is 79.9. The summed E-state index contributed by atoms with van der Waals surface area (Å²) < 4.78 is 3.08. The van der Waals surface area contributed by atoms with Gasteiger partial charge in [0, 0.05) is 22.3 Å². The van der Waals surface area contributed by atoms with Gasteiger partial charge in [-0.2, -0.15) is 0 Å². The molecule has 0 saturated heterocycles. The monoisotopic (exact) mass is 340 g/mol. The molecule has 0 atom stereocenters. The Morgan fingerprint density at radius 2 is 1.95 bits per heavy atom. The molecule has 1 N–H and O–H groups in total. The van der Waals surface area contributed by atoms with E-state index in [9.17, 15) is 4.79 Å². The number of nitrogens with zero attached hydrogens (tertiary/aromatic N) is 1. The molecule has 0 spiro atoms. The Kier molecular flexibility index (Phi) is 4.07. The summed E-state index contributed by atoms with van der Waals surface area (Å²) in [6, 6.07) is 2.42. The van der Waals surface area contributed by atoms with Gasteiger partial charge in [-0.05, 0) is 60.5 Å². The van der Waals surface area contributed by atoms with Gasteiger partial charge in [-0.3, -0.25) is 4.79 Å². The van der Waals surface area contributed by atoms with E-state index < -0.39 is 0 Å². The van der Waals surface area contributed by atoms with Crippen LogP contribution in [0.2, 0.25) is 0 Å². The lowest BCUT2D eigenvalue weighted by Gasteiger charge is -2.33. The first kappa shape index (κ1) is 15.6. The van der Waals surface area contributed by atoms with E-state index in [0.717, 1.165) is 16.6 Å². The van der Waals surface area contributed by atoms with Crippen LogP contribution < -0.4 is 5.32 Å². The van der Waals surface area contributed by atoms with Crippen LogP contribution in [0.25, 0.3) is 0 Å². The number of hydrogen-bond donors (Lipinski definition) is 1. The van der Waals surface area contributed by atoms with Crippen molar-refractivity contribution in [1.82, 2.24) is 9.88 Å². The van der Waals surface area contributed by atoms with Crippen molar-refractivity contribution in [3.05, 3.63) is 22.4 Å². The summed E-state index contributed by atoms with van der Waals surface area (Å²) in [6.07, 6.45) is 5.31. The number of halogens is 1. The zero-order valence-electron chi connectivity index (χ0n) is 13.1. The molecule has 1 saturated carbocycles. The third-order valence-electron chi connectivity index (χ3n) is 3.41. The molecule has 1 fully saturated rings. The molecule has 3 nitrogen and oxygen atoms in total. The quantitative estimate of drug-likeness (QED) is 0.858. The molecule has 0 bridgehead atoms. The minimum Gasteiger partial charge on any atom is -0.346 e. The Morgan fingerprint density at radius 1 is 1.35 bits per heavy atom. The van der Waals surface area contributed by atoms with Crippen LogP contribution in [0.4, 0.5) is 0 Å². The molecule has 0 radical (unpaired) electrons. The molecule has 20 heavy (non-hydrogen) atoms. The van der Waals surface area contributed by atoms with Crippen molar-refractivity contribution in [3.63, 3.8) is 0 Å². The van der Waals surface area contributed by atoms with Crippen LogP contribution in [0.15, 0.2) is 16.7 Å². The third kappa shape index (κ3) is 4.11. The predicted molar refractivity (Wildman–Crippen MR) is 86.0 cm³/mol. The number of amides is 1. The first-order valence-electron chi connectivity index (χ1n) is 7.27. The molecule has 0 aromatic carbocycles. The van der Waals surface area contributed by atoms with Gasteiger partial charge in [-0.25, -0.2) is 0 Å². The van der Waals surface area contributed by atoms with Crippen LogP contribution >= 0.6 is 15.9 Å². The van der Waals surface area contributed by atoms with Gasteiger partial charge >= 0.3 is 0 Å². The molecule has 0 aliphatic heterocycles. The molecule has 112 valence electrons. The fourth-order valence-electron chi connectivity index (χ4n) is 3.02. The van der Waals surface area contributed by atoms with E-state index in [1.165, 1.54) is 12.8 Å². The zero-order chi connectivity index (χ0) is 15.1. The van der Waals surface area contributed by atoms with Crippen molar-refractivity contribution < 1.29 is 4.79 Å². The summed E-state index contributed by atoms with van der Waals surface area (Å²) in [5.74, 6) is 0.0249. The highest BCUT2D eigenvalue weighted by Crippen LogP contribution is 2.37. The Hall–Kier alpha value is -0.770. The van der Waals surface area contributed by atoms with Gasteiger partial charge in [0.05, 0.1) is 0 Å². The molecule has 1 aliphatic rings. The van der Waals surface area contributed by atoms with Crippen LogP contribution in [0, 0.1) is 5.41 Å². The second-order valence-electron chi connectivity index (χ2n) is 7.76. The fourth-order valence-corrected chi connectivity index (χ4v) is 3.46. The van der Waals surface area contributed by atoms with Gasteiger partial charge in [-0.15, -0.1) is 0 Å². The van der Waals surface area contributed by atoms with Crippen LogP contribution in [0.5, 0.6) is 0 Å². The van der Waals surface area contributed by atoms with Gasteiger partial charge in [-0.1, -0.05) is 20.8 Å².